The van der Waals surface area contributed by atoms with Crippen LogP contribution in [0, 0.1) is 0 Å². The van der Waals surface area contributed by atoms with Gasteiger partial charge in [0.15, 0.2) is 0 Å². The van der Waals surface area contributed by atoms with Crippen LogP contribution >= 0.6 is 0 Å². The van der Waals surface area contributed by atoms with E-state index in [0.717, 1.165) is 13.0 Å². The molecule has 0 saturated heterocycles. The molecule has 0 aromatic rings. The van der Waals surface area contributed by atoms with Gasteiger partial charge in [-0.25, -0.2) is 0 Å². The molecule has 2 N–H and O–H groups in total. The largest absolute Gasteiger partial charge is 0.394 e. The Morgan fingerprint density at radius 2 is 1.86 bits per heavy atom. The second-order valence-electron chi connectivity index (χ2n) is 3.81. The summed E-state index contributed by atoms with van der Waals surface area (Å²) in [5.74, 6) is 0. The van der Waals surface area contributed by atoms with Gasteiger partial charge in [0.1, 0.15) is 0 Å². The van der Waals surface area contributed by atoms with Crippen molar-refractivity contribution in [3.8, 4) is 0 Å². The minimum absolute atomic E-state index is 0.139. The van der Waals surface area contributed by atoms with E-state index < -0.39 is 6.10 Å². The average Bonchev–Trinajstić information content (AvgIpc) is 2.68. The highest BCUT2D eigenvalue weighted by Gasteiger charge is 2.13. The summed E-state index contributed by atoms with van der Waals surface area (Å²) in [5, 5.41) is 16.0. The zero-order valence-electron chi connectivity index (χ0n) is 9.41. The van der Waals surface area contributed by atoms with E-state index in [4.69, 9.17) is 14.9 Å². The lowest BCUT2D eigenvalue weighted by atomic mass is 10.3. The molecule has 1 fully saturated rings. The zero-order chi connectivity index (χ0) is 10.8. The Morgan fingerprint density at radius 1 is 1.36 bits per heavy atom. The molecule has 1 saturated carbocycles. The van der Waals surface area contributed by atoms with E-state index in [1.54, 1.807) is 0 Å². The second-order valence-corrected chi connectivity index (χ2v) is 3.81. The Balaban J connectivity index is 0.000000292. The maximum atomic E-state index is 8.11. The first-order valence-corrected chi connectivity index (χ1v) is 5.61. The van der Waals surface area contributed by atoms with Crippen LogP contribution in [0.25, 0.3) is 0 Å². The lowest BCUT2D eigenvalue weighted by Gasteiger charge is -2.08. The summed E-state index contributed by atoms with van der Waals surface area (Å²) in [6, 6.07) is 0. The van der Waals surface area contributed by atoms with Gasteiger partial charge in [0.2, 0.25) is 0 Å². The van der Waals surface area contributed by atoms with Gasteiger partial charge in [-0.15, -0.1) is 0 Å². The Labute approximate surface area is 87.1 Å². The molecule has 1 aliphatic carbocycles. The third-order valence-corrected chi connectivity index (χ3v) is 2.12. The van der Waals surface area contributed by atoms with Gasteiger partial charge in [0.25, 0.3) is 0 Å². The fourth-order valence-corrected chi connectivity index (χ4v) is 1.34. The molecule has 0 aromatic heterocycles. The summed E-state index contributed by atoms with van der Waals surface area (Å²) < 4.78 is 5.55. The summed E-state index contributed by atoms with van der Waals surface area (Å²) in [6.07, 6.45) is 6.60. The first kappa shape index (κ1) is 13.9. The molecule has 3 nitrogen and oxygen atoms in total. The molecule has 0 radical (unpaired) electrons. The molecule has 0 spiro atoms. The summed E-state index contributed by atoms with van der Waals surface area (Å²) in [7, 11) is 0. The Bertz CT molecular complexity index is 109. The van der Waals surface area contributed by atoms with Crippen molar-refractivity contribution in [3.63, 3.8) is 0 Å². The fraction of sp³-hybridized carbons (Fsp3) is 1.00. The molecule has 1 rings (SSSR count). The van der Waals surface area contributed by atoms with Crippen molar-refractivity contribution in [3.05, 3.63) is 0 Å². The van der Waals surface area contributed by atoms with E-state index in [1.165, 1.54) is 32.6 Å². The summed E-state index contributed by atoms with van der Waals surface area (Å²) in [5.41, 5.74) is 0. The molecule has 0 amide bonds. The van der Waals surface area contributed by atoms with Crippen LogP contribution in [-0.4, -0.2) is 35.6 Å². The number of hydrogen-bond donors (Lipinski definition) is 2. The van der Waals surface area contributed by atoms with Crippen LogP contribution in [0.1, 0.15) is 46.0 Å². The predicted octanol–water partition coefficient (Wildman–Crippen LogP) is 1.72. The van der Waals surface area contributed by atoms with Gasteiger partial charge in [0, 0.05) is 6.61 Å². The minimum Gasteiger partial charge on any atom is -0.394 e. The van der Waals surface area contributed by atoms with E-state index in [2.05, 4.69) is 6.92 Å². The molecule has 14 heavy (non-hydrogen) atoms. The molecule has 1 atom stereocenters. The third-order valence-electron chi connectivity index (χ3n) is 2.12. The highest BCUT2D eigenvalue weighted by Crippen LogP contribution is 2.20. The molecule has 3 heteroatoms. The van der Waals surface area contributed by atoms with Crippen LogP contribution in [0.2, 0.25) is 0 Å². The van der Waals surface area contributed by atoms with Gasteiger partial charge < -0.3 is 14.9 Å². The van der Waals surface area contributed by atoms with Gasteiger partial charge in [0.05, 0.1) is 18.8 Å². The van der Waals surface area contributed by atoms with Crippen molar-refractivity contribution in [2.45, 2.75) is 58.2 Å². The maximum Gasteiger partial charge on any atom is 0.0742 e. The summed E-state index contributed by atoms with van der Waals surface area (Å²) in [4.78, 5) is 0. The second kappa shape index (κ2) is 9.44. The SMILES string of the molecule is CC(O)CO.CCCOC1CCCC1. The minimum atomic E-state index is -0.560. The van der Waals surface area contributed by atoms with Gasteiger partial charge >= 0.3 is 0 Å². The van der Waals surface area contributed by atoms with Crippen LogP contribution < -0.4 is 0 Å². The standard InChI is InChI=1S/C8H16O.C3H8O2/c1-2-7-9-8-5-3-4-6-8;1-3(5)2-4/h8H,2-7H2,1H3;3-5H,2H2,1H3. The first-order chi connectivity index (χ1) is 6.70. The van der Waals surface area contributed by atoms with E-state index >= 15 is 0 Å². The monoisotopic (exact) mass is 204 g/mol. The third kappa shape index (κ3) is 8.48. The number of ether oxygens (including phenoxy) is 1. The van der Waals surface area contributed by atoms with Crippen LogP contribution in [0.15, 0.2) is 0 Å². The topological polar surface area (TPSA) is 49.7 Å². The van der Waals surface area contributed by atoms with Crippen molar-refractivity contribution in [1.29, 1.82) is 0 Å². The summed E-state index contributed by atoms with van der Waals surface area (Å²) >= 11 is 0. The quantitative estimate of drug-likeness (QED) is 0.733. The van der Waals surface area contributed by atoms with E-state index in [-0.39, 0.29) is 6.61 Å². The van der Waals surface area contributed by atoms with Crippen molar-refractivity contribution in [2.24, 2.45) is 0 Å². The molecule has 0 bridgehead atoms. The molecule has 0 heterocycles. The van der Waals surface area contributed by atoms with Crippen LogP contribution in [0.5, 0.6) is 0 Å². The Hall–Kier alpha value is -0.120. The Morgan fingerprint density at radius 3 is 2.21 bits per heavy atom. The predicted molar refractivity (Wildman–Crippen MR) is 57.3 cm³/mol. The van der Waals surface area contributed by atoms with Crippen molar-refractivity contribution in [2.75, 3.05) is 13.2 Å². The zero-order valence-corrected chi connectivity index (χ0v) is 9.41. The van der Waals surface area contributed by atoms with Crippen molar-refractivity contribution in [1.82, 2.24) is 0 Å². The summed E-state index contributed by atoms with van der Waals surface area (Å²) in [6.45, 7) is 4.51. The van der Waals surface area contributed by atoms with Gasteiger partial charge in [-0.2, -0.15) is 0 Å². The molecule has 86 valence electrons. The van der Waals surface area contributed by atoms with Crippen molar-refractivity contribution >= 4 is 0 Å². The normalized spacial score (nSPS) is 18.9. The average molecular weight is 204 g/mol. The molecule has 0 aliphatic heterocycles. The lowest BCUT2D eigenvalue weighted by molar-refractivity contribution is 0.0589. The van der Waals surface area contributed by atoms with Gasteiger partial charge in [-0.1, -0.05) is 19.8 Å². The molecule has 1 aliphatic rings. The number of aliphatic hydroxyl groups is 2. The lowest BCUT2D eigenvalue weighted by Crippen LogP contribution is -2.07. The maximum absolute atomic E-state index is 8.11. The highest BCUT2D eigenvalue weighted by atomic mass is 16.5. The van der Waals surface area contributed by atoms with Crippen molar-refractivity contribution < 1.29 is 14.9 Å². The number of hydrogen-bond acceptors (Lipinski definition) is 3. The first-order valence-electron chi connectivity index (χ1n) is 5.61. The van der Waals surface area contributed by atoms with Gasteiger partial charge in [-0.3, -0.25) is 0 Å². The van der Waals surface area contributed by atoms with Gasteiger partial charge in [-0.05, 0) is 26.2 Å². The number of rotatable bonds is 4. The highest BCUT2D eigenvalue weighted by molar-refractivity contribution is 4.66. The Kier molecular flexibility index (Phi) is 9.35. The molecule has 1 unspecified atom stereocenters. The van der Waals surface area contributed by atoms with Crippen LogP contribution in [0.4, 0.5) is 0 Å². The molecular weight excluding hydrogens is 180 g/mol. The molecule has 0 aromatic carbocycles. The van der Waals surface area contributed by atoms with E-state index in [9.17, 15) is 0 Å². The van der Waals surface area contributed by atoms with E-state index in [0.29, 0.717) is 6.10 Å². The molecular formula is C11H24O3. The van der Waals surface area contributed by atoms with Crippen LogP contribution in [0.3, 0.4) is 0 Å². The van der Waals surface area contributed by atoms with Crippen LogP contribution in [-0.2, 0) is 4.74 Å². The van der Waals surface area contributed by atoms with E-state index in [1.807, 2.05) is 0 Å². The smallest absolute Gasteiger partial charge is 0.0742 e. The fourth-order valence-electron chi connectivity index (χ4n) is 1.34. The number of aliphatic hydroxyl groups excluding tert-OH is 2.